The fraction of sp³-hybridized carbons (Fsp3) is 0.240. The summed E-state index contributed by atoms with van der Waals surface area (Å²) >= 11 is 0. The van der Waals surface area contributed by atoms with Crippen molar-refractivity contribution in [3.63, 3.8) is 0 Å². The molecule has 0 saturated heterocycles. The molecule has 0 aliphatic carbocycles. The van der Waals surface area contributed by atoms with Gasteiger partial charge in [-0.3, -0.25) is 9.55 Å². The third-order valence-electron chi connectivity index (χ3n) is 10.9. The Kier molecular flexibility index (Phi) is 10.9. The van der Waals surface area contributed by atoms with Gasteiger partial charge in [0.25, 0.3) is 0 Å². The summed E-state index contributed by atoms with van der Waals surface area (Å²) in [5.74, 6) is 2.90. The standard InChI is InChI=1S/C50H49N4O.Pt/c1-30(2)35-21-14-22-36(31(3)4)47(35)53-42-27-16-25-39(45(42)51-49(53)34-18-10-9-11-19-34)40-26-17-28-43-46(40)52-50(41-20-12-13-29-44(41)55)54(43)48-37(32(5)6)23-15-24-38(48)33(7)8;/h9-18,20-33,55H,1-8H3;/q-1;. The smallest absolute Gasteiger partial charge is 0.149 e. The molecule has 0 unspecified atom stereocenters. The molecule has 56 heavy (non-hydrogen) atoms. The van der Waals surface area contributed by atoms with Gasteiger partial charge < -0.3 is 9.67 Å². The van der Waals surface area contributed by atoms with Crippen LogP contribution in [0.4, 0.5) is 0 Å². The number of aromatic nitrogens is 4. The summed E-state index contributed by atoms with van der Waals surface area (Å²) in [4.78, 5) is 11.0. The SMILES string of the molecule is CC(C)c1cccc(C(C)C)c1-n1c(-c2[c-]cccc2)nc2c(-c3cccc4c3nc(-c3ccccc3O)n4-c3c(C(C)C)cccc3C(C)C)cccc21.[Pt]. The average Bonchev–Trinajstić information content (AvgIpc) is 3.77. The molecule has 8 aromatic rings. The monoisotopic (exact) mass is 916 g/mol. The van der Waals surface area contributed by atoms with E-state index in [1.807, 2.05) is 30.3 Å². The first-order chi connectivity index (χ1) is 26.6. The molecule has 6 heteroatoms. The van der Waals surface area contributed by atoms with E-state index < -0.39 is 0 Å². The molecule has 2 aromatic heterocycles. The molecule has 0 radical (unpaired) electrons. The van der Waals surface area contributed by atoms with E-state index in [4.69, 9.17) is 9.97 Å². The molecule has 0 amide bonds. The molecule has 0 bridgehead atoms. The Morgan fingerprint density at radius 3 is 1.32 bits per heavy atom. The van der Waals surface area contributed by atoms with Crippen molar-refractivity contribution in [2.75, 3.05) is 0 Å². The van der Waals surface area contributed by atoms with E-state index in [-0.39, 0.29) is 38.7 Å². The predicted octanol–water partition coefficient (Wildman–Crippen LogP) is 13.4. The fourth-order valence-electron chi connectivity index (χ4n) is 8.18. The van der Waals surface area contributed by atoms with Crippen molar-refractivity contribution in [2.24, 2.45) is 0 Å². The minimum absolute atomic E-state index is 0. The second kappa shape index (κ2) is 15.7. The summed E-state index contributed by atoms with van der Waals surface area (Å²) < 4.78 is 4.66. The van der Waals surface area contributed by atoms with E-state index in [2.05, 4.69) is 156 Å². The van der Waals surface area contributed by atoms with Gasteiger partial charge in [-0.2, -0.15) is 0 Å². The number of fused-ring (bicyclic) bond motifs is 2. The molecular formula is C50H49N4OPt-. The average molecular weight is 917 g/mol. The summed E-state index contributed by atoms with van der Waals surface area (Å²) in [6.45, 7) is 18.0. The molecule has 8 rings (SSSR count). The number of hydrogen-bond acceptors (Lipinski definition) is 3. The number of benzene rings is 6. The predicted molar refractivity (Wildman–Crippen MR) is 229 cm³/mol. The number of para-hydroxylation sites is 5. The van der Waals surface area contributed by atoms with Gasteiger partial charge in [0.15, 0.2) is 0 Å². The van der Waals surface area contributed by atoms with Gasteiger partial charge in [0.2, 0.25) is 0 Å². The van der Waals surface area contributed by atoms with Crippen LogP contribution in [-0.2, 0) is 21.1 Å². The molecule has 5 nitrogen and oxygen atoms in total. The van der Waals surface area contributed by atoms with Crippen LogP contribution < -0.4 is 0 Å². The maximum absolute atomic E-state index is 11.3. The van der Waals surface area contributed by atoms with E-state index in [9.17, 15) is 5.11 Å². The summed E-state index contributed by atoms with van der Waals surface area (Å²) in [5.41, 5.74) is 14.7. The molecule has 0 spiro atoms. The van der Waals surface area contributed by atoms with Gasteiger partial charge >= 0.3 is 0 Å². The van der Waals surface area contributed by atoms with Crippen molar-refractivity contribution in [1.82, 2.24) is 19.1 Å². The number of imidazole rings is 2. The summed E-state index contributed by atoms with van der Waals surface area (Å²) in [6, 6.07) is 45.5. The van der Waals surface area contributed by atoms with Gasteiger partial charge in [0, 0.05) is 37.9 Å². The van der Waals surface area contributed by atoms with Crippen molar-refractivity contribution >= 4 is 22.1 Å². The van der Waals surface area contributed by atoms with Crippen molar-refractivity contribution in [3.8, 4) is 51.0 Å². The van der Waals surface area contributed by atoms with Crippen LogP contribution in [-0.4, -0.2) is 24.2 Å². The summed E-state index contributed by atoms with van der Waals surface area (Å²) in [7, 11) is 0. The van der Waals surface area contributed by atoms with Crippen LogP contribution >= 0.6 is 0 Å². The quantitative estimate of drug-likeness (QED) is 0.147. The zero-order chi connectivity index (χ0) is 38.5. The molecule has 286 valence electrons. The molecule has 6 aromatic carbocycles. The van der Waals surface area contributed by atoms with Crippen molar-refractivity contribution in [2.45, 2.75) is 79.1 Å². The number of hydrogen-bond donors (Lipinski definition) is 1. The second-order valence-electron chi connectivity index (χ2n) is 15.9. The molecule has 0 saturated carbocycles. The van der Waals surface area contributed by atoms with E-state index in [1.54, 1.807) is 6.07 Å². The van der Waals surface area contributed by atoms with Crippen LogP contribution in [0.1, 0.15) is 101 Å². The van der Waals surface area contributed by atoms with E-state index in [0.717, 1.165) is 50.3 Å². The van der Waals surface area contributed by atoms with Gasteiger partial charge in [-0.1, -0.05) is 128 Å². The maximum Gasteiger partial charge on any atom is 0.149 e. The third-order valence-corrected chi connectivity index (χ3v) is 10.9. The Hall–Kier alpha value is -5.25. The molecular weight excluding hydrogens is 868 g/mol. The third kappa shape index (κ3) is 6.60. The molecule has 0 atom stereocenters. The molecule has 0 aliphatic heterocycles. The Morgan fingerprint density at radius 1 is 0.464 bits per heavy atom. The Balaban J connectivity index is 0.00000480. The Morgan fingerprint density at radius 2 is 0.875 bits per heavy atom. The van der Waals surface area contributed by atoms with E-state index in [0.29, 0.717) is 23.2 Å². The van der Waals surface area contributed by atoms with Crippen molar-refractivity contribution < 1.29 is 26.2 Å². The van der Waals surface area contributed by atoms with Gasteiger partial charge in [-0.15, -0.1) is 35.9 Å². The molecule has 0 aliphatic rings. The number of aromatic hydroxyl groups is 1. The molecule has 0 fully saturated rings. The number of nitrogens with zero attached hydrogens (tertiary/aromatic N) is 4. The summed E-state index contributed by atoms with van der Waals surface area (Å²) in [6.07, 6.45) is 0. The van der Waals surface area contributed by atoms with E-state index >= 15 is 0 Å². The van der Waals surface area contributed by atoms with Crippen LogP contribution in [0.25, 0.3) is 67.3 Å². The minimum Gasteiger partial charge on any atom is -0.507 e. The molecule has 2 heterocycles. The number of phenols is 1. The number of phenolic OH excluding ortho intramolecular Hbond substituents is 1. The zero-order valence-corrected chi connectivity index (χ0v) is 35.7. The first kappa shape index (κ1) is 39.0. The molecule has 1 N–H and O–H groups in total. The van der Waals surface area contributed by atoms with Gasteiger partial charge in [-0.05, 0) is 70.2 Å². The van der Waals surface area contributed by atoms with Crippen LogP contribution in [0.3, 0.4) is 0 Å². The fourth-order valence-corrected chi connectivity index (χ4v) is 8.18. The topological polar surface area (TPSA) is 55.9 Å². The van der Waals surface area contributed by atoms with Crippen molar-refractivity contribution in [3.05, 3.63) is 150 Å². The van der Waals surface area contributed by atoms with Gasteiger partial charge in [-0.25, -0.2) is 4.98 Å². The van der Waals surface area contributed by atoms with E-state index in [1.165, 1.54) is 27.9 Å². The van der Waals surface area contributed by atoms with Crippen LogP contribution in [0.15, 0.2) is 121 Å². The largest absolute Gasteiger partial charge is 0.507 e. The number of rotatable bonds is 9. The van der Waals surface area contributed by atoms with Crippen molar-refractivity contribution in [1.29, 1.82) is 0 Å². The van der Waals surface area contributed by atoms with Gasteiger partial charge in [0.05, 0.1) is 39.1 Å². The van der Waals surface area contributed by atoms with Gasteiger partial charge in [0.1, 0.15) is 11.6 Å². The Bertz CT molecular complexity index is 2630. The maximum atomic E-state index is 11.3. The van der Waals surface area contributed by atoms with Crippen LogP contribution in [0.2, 0.25) is 0 Å². The summed E-state index contributed by atoms with van der Waals surface area (Å²) in [5, 5.41) is 11.3. The first-order valence-corrected chi connectivity index (χ1v) is 19.6. The van der Waals surface area contributed by atoms with Crippen LogP contribution in [0, 0.1) is 6.07 Å². The minimum atomic E-state index is 0. The van der Waals surface area contributed by atoms with Crippen LogP contribution in [0.5, 0.6) is 5.75 Å². The zero-order valence-electron chi connectivity index (χ0n) is 33.4. The second-order valence-corrected chi connectivity index (χ2v) is 15.9. The normalized spacial score (nSPS) is 11.8. The Labute approximate surface area is 345 Å². The first-order valence-electron chi connectivity index (χ1n) is 19.6.